The van der Waals surface area contributed by atoms with Gasteiger partial charge in [-0.2, -0.15) is 0 Å². The van der Waals surface area contributed by atoms with Gasteiger partial charge in [-0.05, 0) is 38.0 Å². The van der Waals surface area contributed by atoms with E-state index in [0.29, 0.717) is 0 Å². The number of amides is 1. The van der Waals surface area contributed by atoms with E-state index >= 15 is 0 Å². The first-order valence-electron chi connectivity index (χ1n) is 9.48. The quantitative estimate of drug-likeness (QED) is 0.491. The molecule has 1 heterocycles. The lowest BCUT2D eigenvalue weighted by atomic mass is 9.95. The van der Waals surface area contributed by atoms with E-state index in [0.717, 1.165) is 23.1 Å². The fourth-order valence-corrected chi connectivity index (χ4v) is 6.43. The Morgan fingerprint density at radius 1 is 1.27 bits per heavy atom. The summed E-state index contributed by atoms with van der Waals surface area (Å²) < 4.78 is 71.6. The average molecular weight is 468 g/mol. The molecule has 0 aromatic heterocycles. The highest BCUT2D eigenvalue weighted by Gasteiger charge is 2.51. The lowest BCUT2D eigenvalue weighted by Crippen LogP contribution is -2.39. The summed E-state index contributed by atoms with van der Waals surface area (Å²) in [6.07, 6.45) is -0.932. The Morgan fingerprint density at radius 2 is 1.93 bits per heavy atom. The number of alkyl halides is 2. The maximum atomic E-state index is 13.6. The van der Waals surface area contributed by atoms with Gasteiger partial charge < -0.3 is 9.64 Å². The van der Waals surface area contributed by atoms with E-state index in [2.05, 4.69) is 0 Å². The predicted molar refractivity (Wildman–Crippen MR) is 101 cm³/mol. The Labute approximate surface area is 177 Å². The summed E-state index contributed by atoms with van der Waals surface area (Å²) in [5.74, 6) is -7.33. The minimum Gasteiger partial charge on any atom is -0.466 e. The Hall–Kier alpha value is -1.81. The van der Waals surface area contributed by atoms with Gasteiger partial charge in [0.2, 0.25) is 5.91 Å². The number of halogens is 4. The summed E-state index contributed by atoms with van der Waals surface area (Å²) in [7, 11) is -4.11. The van der Waals surface area contributed by atoms with Crippen LogP contribution >= 0.6 is 11.6 Å². The van der Waals surface area contributed by atoms with Crippen LogP contribution in [0.2, 0.25) is 5.02 Å². The van der Waals surface area contributed by atoms with E-state index in [1.807, 2.05) is 0 Å². The van der Waals surface area contributed by atoms with E-state index in [1.165, 1.54) is 0 Å². The highest BCUT2D eigenvalue weighted by molar-refractivity contribution is 7.92. The second-order valence-electron chi connectivity index (χ2n) is 7.54. The molecule has 2 aliphatic rings. The van der Waals surface area contributed by atoms with Gasteiger partial charge in [-0.25, -0.2) is 21.6 Å². The summed E-state index contributed by atoms with van der Waals surface area (Å²) in [5.41, 5.74) is 0. The number of hydrogen-bond donors (Lipinski definition) is 0. The van der Waals surface area contributed by atoms with Gasteiger partial charge >= 0.3 is 5.97 Å². The van der Waals surface area contributed by atoms with Gasteiger partial charge in [-0.1, -0.05) is 11.6 Å². The fourth-order valence-electron chi connectivity index (χ4n) is 4.07. The highest BCUT2D eigenvalue weighted by Crippen LogP contribution is 2.42. The molecule has 0 unspecified atom stereocenters. The lowest BCUT2D eigenvalue weighted by Gasteiger charge is -2.23. The normalized spacial score (nSPS) is 26.0. The third-order valence-electron chi connectivity index (χ3n) is 5.55. The Kier molecular flexibility index (Phi) is 6.38. The van der Waals surface area contributed by atoms with Gasteiger partial charge in [0.05, 0.1) is 40.2 Å². The van der Waals surface area contributed by atoms with Crippen molar-refractivity contribution in [2.45, 2.75) is 42.3 Å². The molecule has 1 saturated carbocycles. The number of nitrogens with zero attached hydrogens (tertiary/aromatic N) is 1. The second-order valence-corrected chi connectivity index (χ2v) is 10.1. The van der Waals surface area contributed by atoms with Crippen LogP contribution in [0.4, 0.5) is 13.2 Å². The van der Waals surface area contributed by atoms with Crippen molar-refractivity contribution >= 4 is 33.3 Å². The minimum absolute atomic E-state index is 0.0270. The van der Waals surface area contributed by atoms with Gasteiger partial charge in [0.25, 0.3) is 5.92 Å². The number of carbonyl (C=O) groups excluding carboxylic acids is 2. The molecule has 1 aromatic carbocycles. The van der Waals surface area contributed by atoms with Crippen LogP contribution in [0.25, 0.3) is 0 Å². The van der Waals surface area contributed by atoms with Crippen LogP contribution in [0.5, 0.6) is 0 Å². The molecular formula is C19H21ClF3NO5S. The zero-order valence-corrected chi connectivity index (χ0v) is 17.7. The molecule has 0 bridgehead atoms. The Bertz CT molecular complexity index is 955. The van der Waals surface area contributed by atoms with Gasteiger partial charge in [0.1, 0.15) is 5.82 Å². The SMILES string of the molecule is CCOC(=O)[C@@H]1C[C@@H](S(=O)(=O)c2ccc(F)cc2Cl)C[C@H]1C(=O)N1CCC(F)(F)C1. The number of ether oxygens (including phenoxy) is 1. The summed E-state index contributed by atoms with van der Waals surface area (Å²) in [6.45, 7) is 0.661. The number of benzene rings is 1. The molecule has 166 valence electrons. The molecule has 1 aliphatic carbocycles. The minimum atomic E-state index is -4.11. The molecule has 3 rings (SSSR count). The van der Waals surface area contributed by atoms with E-state index in [1.54, 1.807) is 6.92 Å². The van der Waals surface area contributed by atoms with Crippen molar-refractivity contribution in [2.75, 3.05) is 19.7 Å². The Morgan fingerprint density at radius 3 is 2.50 bits per heavy atom. The standard InChI is InChI=1S/C19H21ClF3NO5S/c1-2-29-18(26)14-9-12(30(27,28)16-4-3-11(21)7-15(16)20)8-13(14)17(25)24-6-5-19(22,23)10-24/h3-4,7,12-14H,2,5-6,8-10H2,1H3/t12-,13+,14+/m0/s1. The third-order valence-corrected chi connectivity index (χ3v) is 8.20. The zero-order chi connectivity index (χ0) is 22.3. The van der Waals surface area contributed by atoms with Crippen molar-refractivity contribution < 1.29 is 35.9 Å². The molecule has 1 aromatic rings. The van der Waals surface area contributed by atoms with Crippen LogP contribution < -0.4 is 0 Å². The zero-order valence-electron chi connectivity index (χ0n) is 16.1. The van der Waals surface area contributed by atoms with Gasteiger partial charge in [0.15, 0.2) is 9.84 Å². The maximum absolute atomic E-state index is 13.6. The van der Waals surface area contributed by atoms with Crippen molar-refractivity contribution in [3.05, 3.63) is 29.0 Å². The summed E-state index contributed by atoms with van der Waals surface area (Å²) in [6, 6.07) is 2.84. The summed E-state index contributed by atoms with van der Waals surface area (Å²) in [4.78, 5) is 26.0. The molecule has 0 spiro atoms. The largest absolute Gasteiger partial charge is 0.466 e. The molecule has 11 heteroatoms. The van der Waals surface area contributed by atoms with Crippen molar-refractivity contribution in [3.8, 4) is 0 Å². The van der Waals surface area contributed by atoms with Gasteiger partial charge in [-0.3, -0.25) is 9.59 Å². The van der Waals surface area contributed by atoms with Crippen LogP contribution in [0.1, 0.15) is 26.2 Å². The number of sulfone groups is 1. The third kappa shape index (κ3) is 4.44. The van der Waals surface area contributed by atoms with Crippen LogP contribution in [0.15, 0.2) is 23.1 Å². The first-order chi connectivity index (χ1) is 14.0. The number of hydrogen-bond acceptors (Lipinski definition) is 5. The molecule has 0 N–H and O–H groups in total. The van der Waals surface area contributed by atoms with Crippen molar-refractivity contribution in [3.63, 3.8) is 0 Å². The first kappa shape index (κ1) is 22.9. The van der Waals surface area contributed by atoms with E-state index in [4.69, 9.17) is 16.3 Å². The second kappa shape index (κ2) is 8.37. The van der Waals surface area contributed by atoms with Gasteiger partial charge in [-0.15, -0.1) is 0 Å². The fraction of sp³-hybridized carbons (Fsp3) is 0.579. The smallest absolute Gasteiger partial charge is 0.309 e. The molecule has 2 fully saturated rings. The molecule has 3 atom stereocenters. The molecule has 1 saturated heterocycles. The molecule has 1 amide bonds. The van der Waals surface area contributed by atoms with Crippen molar-refractivity contribution in [1.82, 2.24) is 4.90 Å². The van der Waals surface area contributed by atoms with E-state index in [-0.39, 0.29) is 35.9 Å². The maximum Gasteiger partial charge on any atom is 0.309 e. The molecule has 6 nitrogen and oxygen atoms in total. The van der Waals surface area contributed by atoms with Crippen LogP contribution in [0, 0.1) is 17.7 Å². The summed E-state index contributed by atoms with van der Waals surface area (Å²) in [5, 5.41) is -1.47. The van der Waals surface area contributed by atoms with Crippen LogP contribution in [-0.2, 0) is 24.2 Å². The molecular weight excluding hydrogens is 447 g/mol. The van der Waals surface area contributed by atoms with Crippen LogP contribution in [-0.4, -0.2) is 56.1 Å². The lowest BCUT2D eigenvalue weighted by molar-refractivity contribution is -0.153. The predicted octanol–water partition coefficient (Wildman–Crippen LogP) is 3.08. The van der Waals surface area contributed by atoms with E-state index < -0.39 is 63.5 Å². The number of carbonyl (C=O) groups is 2. The molecule has 1 aliphatic heterocycles. The first-order valence-corrected chi connectivity index (χ1v) is 11.4. The Balaban J connectivity index is 1.89. The number of esters is 1. The van der Waals surface area contributed by atoms with Gasteiger partial charge in [0, 0.05) is 13.0 Å². The van der Waals surface area contributed by atoms with Crippen molar-refractivity contribution in [1.29, 1.82) is 0 Å². The van der Waals surface area contributed by atoms with Crippen LogP contribution in [0.3, 0.4) is 0 Å². The van der Waals surface area contributed by atoms with Crippen molar-refractivity contribution in [2.24, 2.45) is 11.8 Å². The highest BCUT2D eigenvalue weighted by atomic mass is 35.5. The average Bonchev–Trinajstić information content (AvgIpc) is 3.25. The molecule has 0 radical (unpaired) electrons. The monoisotopic (exact) mass is 467 g/mol. The summed E-state index contributed by atoms with van der Waals surface area (Å²) >= 11 is 5.91. The number of rotatable bonds is 5. The molecule has 30 heavy (non-hydrogen) atoms. The van der Waals surface area contributed by atoms with E-state index in [9.17, 15) is 31.2 Å². The number of likely N-dealkylation sites (tertiary alicyclic amines) is 1. The topological polar surface area (TPSA) is 80.8 Å².